The van der Waals surface area contributed by atoms with Crippen molar-refractivity contribution in [1.82, 2.24) is 10.6 Å². The Bertz CT molecular complexity index is 462. The van der Waals surface area contributed by atoms with Gasteiger partial charge in [0.2, 0.25) is 5.91 Å². The Morgan fingerprint density at radius 1 is 1.50 bits per heavy atom. The third-order valence-corrected chi connectivity index (χ3v) is 3.21. The summed E-state index contributed by atoms with van der Waals surface area (Å²) in [7, 11) is 0. The van der Waals surface area contributed by atoms with E-state index in [1.165, 1.54) is 0 Å². The molecule has 20 heavy (non-hydrogen) atoms. The molecule has 0 aromatic heterocycles. The number of rotatable bonds is 5. The van der Waals surface area contributed by atoms with Crippen LogP contribution in [0.1, 0.15) is 25.8 Å². The van der Waals surface area contributed by atoms with Crippen molar-refractivity contribution in [3.05, 3.63) is 29.8 Å². The topological polar surface area (TPSA) is 70.6 Å². The molecular formula is C15H22N2O3. The van der Waals surface area contributed by atoms with Gasteiger partial charge >= 0.3 is 0 Å². The number of para-hydroxylation sites is 1. The van der Waals surface area contributed by atoms with Crippen LogP contribution in [0.3, 0.4) is 0 Å². The highest BCUT2D eigenvalue weighted by atomic mass is 16.5. The first-order valence-electron chi connectivity index (χ1n) is 7.00. The van der Waals surface area contributed by atoms with Crippen molar-refractivity contribution < 1.29 is 14.6 Å². The number of aliphatic hydroxyl groups is 1. The lowest BCUT2D eigenvalue weighted by Crippen LogP contribution is -2.40. The molecule has 2 atom stereocenters. The molecule has 110 valence electrons. The van der Waals surface area contributed by atoms with Crippen molar-refractivity contribution in [2.45, 2.75) is 45.1 Å². The summed E-state index contributed by atoms with van der Waals surface area (Å²) in [4.78, 5) is 12.0. The Morgan fingerprint density at radius 2 is 2.25 bits per heavy atom. The second kappa shape index (κ2) is 6.72. The number of benzene rings is 1. The zero-order chi connectivity index (χ0) is 14.5. The predicted molar refractivity (Wildman–Crippen MR) is 76.5 cm³/mol. The van der Waals surface area contributed by atoms with Gasteiger partial charge in [0.1, 0.15) is 5.75 Å². The first-order chi connectivity index (χ1) is 9.56. The smallest absolute Gasteiger partial charge is 0.237 e. The van der Waals surface area contributed by atoms with Gasteiger partial charge < -0.3 is 20.5 Å². The Labute approximate surface area is 119 Å². The number of nitrogens with one attached hydrogen (secondary N) is 2. The van der Waals surface area contributed by atoms with Gasteiger partial charge in [-0.3, -0.25) is 4.79 Å². The molecule has 0 unspecified atom stereocenters. The molecule has 1 aromatic carbocycles. The summed E-state index contributed by atoms with van der Waals surface area (Å²) < 4.78 is 5.71. The first-order valence-corrected chi connectivity index (χ1v) is 7.00. The summed E-state index contributed by atoms with van der Waals surface area (Å²) in [5, 5.41) is 15.3. The fraction of sp³-hybridized carbons (Fsp3) is 0.533. The highest BCUT2D eigenvalue weighted by molar-refractivity contribution is 5.82. The number of hydrogen-bond acceptors (Lipinski definition) is 4. The van der Waals surface area contributed by atoms with E-state index in [-0.39, 0.29) is 18.1 Å². The van der Waals surface area contributed by atoms with E-state index in [2.05, 4.69) is 10.6 Å². The quantitative estimate of drug-likeness (QED) is 0.745. The molecule has 1 saturated heterocycles. The molecule has 3 N–H and O–H groups in total. The van der Waals surface area contributed by atoms with Crippen LogP contribution >= 0.6 is 0 Å². The van der Waals surface area contributed by atoms with Crippen molar-refractivity contribution in [3.8, 4) is 5.75 Å². The van der Waals surface area contributed by atoms with Crippen LogP contribution in [0.5, 0.6) is 5.75 Å². The zero-order valence-electron chi connectivity index (χ0n) is 11.9. The molecule has 0 saturated carbocycles. The van der Waals surface area contributed by atoms with Gasteiger partial charge in [-0.15, -0.1) is 0 Å². The van der Waals surface area contributed by atoms with E-state index in [1.807, 2.05) is 38.1 Å². The molecule has 1 heterocycles. The Kier molecular flexibility index (Phi) is 4.98. The third kappa shape index (κ3) is 3.95. The number of amides is 1. The van der Waals surface area contributed by atoms with Gasteiger partial charge in [0.15, 0.2) is 0 Å². The van der Waals surface area contributed by atoms with Crippen LogP contribution in [0, 0.1) is 0 Å². The van der Waals surface area contributed by atoms with Crippen LogP contribution in [-0.2, 0) is 11.3 Å². The lowest BCUT2D eigenvalue weighted by molar-refractivity contribution is -0.123. The van der Waals surface area contributed by atoms with Crippen molar-refractivity contribution in [3.63, 3.8) is 0 Å². The molecule has 0 aliphatic carbocycles. The summed E-state index contributed by atoms with van der Waals surface area (Å²) in [6, 6.07) is 7.38. The number of carbonyl (C=O) groups excluding carboxylic acids is 1. The van der Waals surface area contributed by atoms with Gasteiger partial charge in [-0.2, -0.15) is 0 Å². The fourth-order valence-corrected chi connectivity index (χ4v) is 2.24. The lowest BCUT2D eigenvalue weighted by Gasteiger charge is -2.16. The van der Waals surface area contributed by atoms with E-state index >= 15 is 0 Å². The molecule has 2 rings (SSSR count). The van der Waals surface area contributed by atoms with Crippen LogP contribution in [0.25, 0.3) is 0 Å². The van der Waals surface area contributed by atoms with Crippen molar-refractivity contribution >= 4 is 5.91 Å². The molecule has 0 bridgehead atoms. The average molecular weight is 278 g/mol. The third-order valence-electron chi connectivity index (χ3n) is 3.21. The lowest BCUT2D eigenvalue weighted by atomic mass is 10.1. The van der Waals surface area contributed by atoms with Gasteiger partial charge in [-0.05, 0) is 26.3 Å². The highest BCUT2D eigenvalue weighted by Crippen LogP contribution is 2.19. The Balaban J connectivity index is 1.92. The summed E-state index contributed by atoms with van der Waals surface area (Å²) >= 11 is 0. The van der Waals surface area contributed by atoms with E-state index in [0.717, 1.165) is 11.3 Å². The van der Waals surface area contributed by atoms with E-state index in [1.54, 1.807) is 0 Å². The van der Waals surface area contributed by atoms with Crippen LogP contribution in [0.4, 0.5) is 0 Å². The van der Waals surface area contributed by atoms with Crippen LogP contribution < -0.4 is 15.4 Å². The molecule has 1 amide bonds. The Morgan fingerprint density at radius 3 is 2.90 bits per heavy atom. The number of ether oxygens (including phenoxy) is 1. The molecule has 1 aliphatic rings. The van der Waals surface area contributed by atoms with Crippen molar-refractivity contribution in [2.75, 3.05) is 6.54 Å². The minimum Gasteiger partial charge on any atom is -0.491 e. The maximum Gasteiger partial charge on any atom is 0.237 e. The van der Waals surface area contributed by atoms with E-state index in [9.17, 15) is 9.90 Å². The molecule has 5 heteroatoms. The van der Waals surface area contributed by atoms with Crippen molar-refractivity contribution in [1.29, 1.82) is 0 Å². The van der Waals surface area contributed by atoms with Crippen molar-refractivity contribution in [2.24, 2.45) is 0 Å². The number of hydrogen-bond donors (Lipinski definition) is 3. The van der Waals surface area contributed by atoms with Gasteiger partial charge in [0.05, 0.1) is 18.2 Å². The van der Waals surface area contributed by atoms with Crippen LogP contribution in [-0.4, -0.2) is 35.8 Å². The number of β-amino-alcohol motifs (C(OH)–C–C–N with tert-alkyl or cyclic N) is 1. The summed E-state index contributed by atoms with van der Waals surface area (Å²) in [6.07, 6.45) is 0.136. The highest BCUT2D eigenvalue weighted by Gasteiger charge is 2.27. The average Bonchev–Trinajstić information content (AvgIpc) is 2.83. The fourth-order valence-electron chi connectivity index (χ4n) is 2.24. The molecule has 1 aliphatic heterocycles. The largest absolute Gasteiger partial charge is 0.491 e. The van der Waals surface area contributed by atoms with Gasteiger partial charge in [0.25, 0.3) is 0 Å². The SMILES string of the molecule is CC(C)Oc1ccccc1CNC(=O)[C@@H]1C[C@H](O)CN1. The number of aliphatic hydroxyl groups excluding tert-OH is 1. The Hall–Kier alpha value is -1.59. The van der Waals surface area contributed by atoms with Gasteiger partial charge in [-0.25, -0.2) is 0 Å². The van der Waals surface area contributed by atoms with E-state index < -0.39 is 6.10 Å². The predicted octanol–water partition coefficient (Wildman–Crippen LogP) is 0.813. The minimum atomic E-state index is -0.428. The summed E-state index contributed by atoms with van der Waals surface area (Å²) in [5.41, 5.74) is 0.952. The molecule has 1 fully saturated rings. The van der Waals surface area contributed by atoms with Gasteiger partial charge in [-0.1, -0.05) is 18.2 Å². The van der Waals surface area contributed by atoms with Gasteiger partial charge in [0, 0.05) is 18.7 Å². The first kappa shape index (κ1) is 14.8. The summed E-state index contributed by atoms with van der Waals surface area (Å²) in [5.74, 6) is 0.711. The zero-order valence-corrected chi connectivity index (χ0v) is 11.9. The monoisotopic (exact) mass is 278 g/mol. The number of carbonyl (C=O) groups is 1. The van der Waals surface area contributed by atoms with Crippen LogP contribution in [0.2, 0.25) is 0 Å². The minimum absolute atomic E-state index is 0.0825. The molecular weight excluding hydrogens is 256 g/mol. The second-order valence-electron chi connectivity index (χ2n) is 5.34. The molecule has 0 radical (unpaired) electrons. The maximum absolute atomic E-state index is 12.0. The second-order valence-corrected chi connectivity index (χ2v) is 5.34. The van der Waals surface area contributed by atoms with E-state index in [4.69, 9.17) is 4.74 Å². The maximum atomic E-state index is 12.0. The van der Waals surface area contributed by atoms with E-state index in [0.29, 0.717) is 19.5 Å². The standard InChI is InChI=1S/C15H22N2O3/c1-10(2)20-14-6-4-3-5-11(14)8-17-15(19)13-7-12(18)9-16-13/h3-6,10,12-13,16,18H,7-9H2,1-2H3,(H,17,19)/t12-,13-/m0/s1. The molecule has 5 nitrogen and oxygen atoms in total. The van der Waals surface area contributed by atoms with Crippen LogP contribution in [0.15, 0.2) is 24.3 Å². The normalized spacial score (nSPS) is 22.0. The summed E-state index contributed by atoms with van der Waals surface area (Å²) in [6.45, 7) is 4.85. The molecule has 0 spiro atoms. The molecule has 1 aromatic rings.